The normalized spacial score (nSPS) is 24.6. The van der Waals surface area contributed by atoms with E-state index < -0.39 is 53.9 Å². The van der Waals surface area contributed by atoms with E-state index >= 15 is 0 Å². The van der Waals surface area contributed by atoms with E-state index in [9.17, 15) is 30.3 Å². The number of aliphatic hydroxyl groups excluding tert-OH is 4. The maximum Gasteiger partial charge on any atom is 0.345 e. The van der Waals surface area contributed by atoms with Crippen LogP contribution >= 0.6 is 0 Å². The van der Waals surface area contributed by atoms with Crippen molar-refractivity contribution in [2.24, 2.45) is 11.8 Å². The SMILES string of the molecule is CCCCCCC(C)C/C(C)=C\C(C)/C=C(C)/C=C/C(O)C(C)(C)c1cc(O)c([C@@H]2O[C@H](CO)C[C@H](O)[C@H]2O)c(=O)o1. The van der Waals surface area contributed by atoms with Crippen molar-refractivity contribution in [1.29, 1.82) is 0 Å². The molecule has 0 saturated carbocycles. The molecule has 0 radical (unpaired) electrons. The molecular formula is C34H54O8. The zero-order valence-electron chi connectivity index (χ0n) is 26.5. The van der Waals surface area contributed by atoms with Crippen LogP contribution < -0.4 is 5.63 Å². The summed E-state index contributed by atoms with van der Waals surface area (Å²) in [5, 5.41) is 51.7. The second-order valence-corrected chi connectivity index (χ2v) is 12.8. The number of aromatic hydroxyl groups is 1. The summed E-state index contributed by atoms with van der Waals surface area (Å²) in [5.74, 6) is 0.469. The molecule has 5 N–H and O–H groups in total. The summed E-state index contributed by atoms with van der Waals surface area (Å²) < 4.78 is 11.0. The molecule has 238 valence electrons. The number of ether oxygens (including phenoxy) is 1. The quantitative estimate of drug-likeness (QED) is 0.101. The molecule has 1 aliphatic heterocycles. The van der Waals surface area contributed by atoms with Crippen LogP contribution in [0.25, 0.3) is 0 Å². The summed E-state index contributed by atoms with van der Waals surface area (Å²) in [5.41, 5.74) is -0.0159. The van der Waals surface area contributed by atoms with Crippen LogP contribution in [-0.2, 0) is 10.2 Å². The third kappa shape index (κ3) is 10.2. The molecule has 1 saturated heterocycles. The summed E-state index contributed by atoms with van der Waals surface area (Å²) in [4.78, 5) is 12.9. The molecule has 1 aliphatic rings. The van der Waals surface area contributed by atoms with E-state index in [1.807, 2.05) is 13.0 Å². The van der Waals surface area contributed by atoms with E-state index in [2.05, 4.69) is 39.8 Å². The highest BCUT2D eigenvalue weighted by Crippen LogP contribution is 2.37. The Morgan fingerprint density at radius 2 is 1.83 bits per heavy atom. The lowest BCUT2D eigenvalue weighted by molar-refractivity contribution is -0.180. The first-order chi connectivity index (χ1) is 19.7. The third-order valence-corrected chi connectivity index (χ3v) is 8.21. The average Bonchev–Trinajstić information content (AvgIpc) is 2.91. The van der Waals surface area contributed by atoms with Gasteiger partial charge < -0.3 is 34.7 Å². The molecule has 1 aromatic rings. The van der Waals surface area contributed by atoms with Crippen molar-refractivity contribution >= 4 is 0 Å². The van der Waals surface area contributed by atoms with Gasteiger partial charge in [-0.25, -0.2) is 4.79 Å². The molecule has 0 aromatic carbocycles. The molecule has 8 heteroatoms. The highest BCUT2D eigenvalue weighted by atomic mass is 16.5. The Bertz CT molecular complexity index is 1130. The largest absolute Gasteiger partial charge is 0.507 e. The lowest BCUT2D eigenvalue weighted by atomic mass is 9.82. The first-order valence-electron chi connectivity index (χ1n) is 15.4. The van der Waals surface area contributed by atoms with Gasteiger partial charge in [0.15, 0.2) is 0 Å². The Morgan fingerprint density at radius 1 is 1.14 bits per heavy atom. The molecule has 8 nitrogen and oxygen atoms in total. The predicted octanol–water partition coefficient (Wildman–Crippen LogP) is 5.61. The molecule has 2 heterocycles. The van der Waals surface area contributed by atoms with Gasteiger partial charge in [-0.1, -0.05) is 88.3 Å². The monoisotopic (exact) mass is 590 g/mol. The minimum atomic E-state index is -1.48. The summed E-state index contributed by atoms with van der Waals surface area (Å²) >= 11 is 0. The molecule has 0 bridgehead atoms. The summed E-state index contributed by atoms with van der Waals surface area (Å²) in [6.45, 7) is 13.8. The van der Waals surface area contributed by atoms with Gasteiger partial charge >= 0.3 is 5.63 Å². The third-order valence-electron chi connectivity index (χ3n) is 8.21. The Balaban J connectivity index is 2.10. The van der Waals surface area contributed by atoms with E-state index in [1.54, 1.807) is 19.9 Å². The van der Waals surface area contributed by atoms with Crippen LogP contribution in [-0.4, -0.2) is 56.6 Å². The number of unbranched alkanes of at least 4 members (excludes halogenated alkanes) is 3. The van der Waals surface area contributed by atoms with Crippen molar-refractivity contribution in [3.05, 3.63) is 63.3 Å². The standard InChI is InChI=1S/C34H54O8/c1-8-9-10-11-12-21(2)15-23(4)17-24(5)16-22(3)13-14-28(38)34(6,7)29-19-26(36)30(33(40)42-29)32-31(39)27(37)18-25(20-35)41-32/h13-14,16-17,19,21,24-25,27-28,31-32,35-39H,8-12,15,18,20H2,1-7H3/b14-13+,22-16+,23-17-/t21?,24?,25-,27-,28?,31+,32-/m0/s1. The van der Waals surface area contributed by atoms with Gasteiger partial charge in [-0.15, -0.1) is 0 Å². The highest BCUT2D eigenvalue weighted by Gasteiger charge is 2.41. The first kappa shape index (κ1) is 36.0. The van der Waals surface area contributed by atoms with Gasteiger partial charge in [0.05, 0.1) is 30.3 Å². The number of aliphatic hydroxyl groups is 4. The Kier molecular flexibility index (Phi) is 14.2. The van der Waals surface area contributed by atoms with Gasteiger partial charge in [0.25, 0.3) is 0 Å². The highest BCUT2D eigenvalue weighted by molar-refractivity contribution is 5.36. The fourth-order valence-electron chi connectivity index (χ4n) is 5.62. The van der Waals surface area contributed by atoms with Gasteiger partial charge in [-0.05, 0) is 46.0 Å². The second-order valence-electron chi connectivity index (χ2n) is 12.8. The summed E-state index contributed by atoms with van der Waals surface area (Å²) in [6.07, 6.45) is 9.45. The summed E-state index contributed by atoms with van der Waals surface area (Å²) in [7, 11) is 0. The fraction of sp³-hybridized carbons (Fsp3) is 0.676. The molecule has 0 spiro atoms. The first-order valence-corrected chi connectivity index (χ1v) is 15.4. The zero-order valence-corrected chi connectivity index (χ0v) is 26.5. The molecule has 1 fully saturated rings. The molecule has 3 unspecified atom stereocenters. The molecular weight excluding hydrogens is 536 g/mol. The van der Waals surface area contributed by atoms with Crippen molar-refractivity contribution < 1.29 is 34.7 Å². The lowest BCUT2D eigenvalue weighted by Gasteiger charge is -2.36. The molecule has 7 atom stereocenters. The van der Waals surface area contributed by atoms with Gasteiger partial charge in [-0.3, -0.25) is 0 Å². The van der Waals surface area contributed by atoms with Gasteiger partial charge in [0, 0.05) is 12.5 Å². The van der Waals surface area contributed by atoms with Gasteiger partial charge in [-0.2, -0.15) is 0 Å². The van der Waals surface area contributed by atoms with Crippen LogP contribution in [0.3, 0.4) is 0 Å². The van der Waals surface area contributed by atoms with Crippen LogP contribution in [0.1, 0.15) is 111 Å². The topological polar surface area (TPSA) is 141 Å². The van der Waals surface area contributed by atoms with Crippen molar-refractivity contribution in [3.63, 3.8) is 0 Å². The van der Waals surface area contributed by atoms with Crippen LogP contribution in [0, 0.1) is 11.8 Å². The Morgan fingerprint density at radius 3 is 2.45 bits per heavy atom. The molecule has 0 aliphatic carbocycles. The van der Waals surface area contributed by atoms with E-state index in [0.29, 0.717) is 5.92 Å². The maximum atomic E-state index is 12.9. The van der Waals surface area contributed by atoms with Crippen LogP contribution in [0.5, 0.6) is 5.75 Å². The zero-order chi connectivity index (χ0) is 31.6. The van der Waals surface area contributed by atoms with Gasteiger partial charge in [0.1, 0.15) is 29.3 Å². The van der Waals surface area contributed by atoms with Crippen LogP contribution in [0.4, 0.5) is 0 Å². The van der Waals surface area contributed by atoms with Gasteiger partial charge in [0.2, 0.25) is 0 Å². The predicted molar refractivity (Wildman–Crippen MR) is 165 cm³/mol. The van der Waals surface area contributed by atoms with Crippen LogP contribution in [0.15, 0.2) is 50.7 Å². The van der Waals surface area contributed by atoms with Crippen molar-refractivity contribution in [2.75, 3.05) is 6.61 Å². The number of hydrogen-bond acceptors (Lipinski definition) is 8. The van der Waals surface area contributed by atoms with E-state index in [0.717, 1.165) is 12.0 Å². The molecule has 2 rings (SSSR count). The average molecular weight is 591 g/mol. The van der Waals surface area contributed by atoms with Crippen molar-refractivity contribution in [1.82, 2.24) is 0 Å². The Hall–Kier alpha value is -2.23. The molecule has 42 heavy (non-hydrogen) atoms. The van der Waals surface area contributed by atoms with Crippen molar-refractivity contribution in [3.8, 4) is 5.75 Å². The summed E-state index contributed by atoms with van der Waals surface area (Å²) in [6, 6.07) is 1.22. The van der Waals surface area contributed by atoms with Crippen LogP contribution in [0.2, 0.25) is 0 Å². The second kappa shape index (κ2) is 16.6. The minimum Gasteiger partial charge on any atom is -0.507 e. The minimum absolute atomic E-state index is 0.00909. The smallest absolute Gasteiger partial charge is 0.345 e. The lowest BCUT2D eigenvalue weighted by Crippen LogP contribution is -2.46. The number of rotatable bonds is 15. The maximum absolute atomic E-state index is 12.9. The Labute approximate surface area is 251 Å². The van der Waals surface area contributed by atoms with E-state index in [-0.39, 0.29) is 23.7 Å². The van der Waals surface area contributed by atoms with E-state index in [4.69, 9.17) is 9.15 Å². The molecule has 0 amide bonds. The van der Waals surface area contributed by atoms with E-state index in [1.165, 1.54) is 43.7 Å². The fourth-order valence-corrected chi connectivity index (χ4v) is 5.62. The molecule has 1 aromatic heterocycles. The van der Waals surface area contributed by atoms with Crippen molar-refractivity contribution in [2.45, 2.75) is 129 Å². The number of allylic oxidation sites excluding steroid dienone is 5. The number of hydrogen-bond donors (Lipinski definition) is 5.